The number of carbonyl (C=O) groups excluding carboxylic acids is 1. The van der Waals surface area contributed by atoms with Gasteiger partial charge in [-0.1, -0.05) is 5.16 Å². The highest BCUT2D eigenvalue weighted by molar-refractivity contribution is 7.15. The molecule has 186 valence electrons. The first-order chi connectivity index (χ1) is 16.4. The van der Waals surface area contributed by atoms with Crippen molar-refractivity contribution in [3.05, 3.63) is 28.1 Å². The summed E-state index contributed by atoms with van der Waals surface area (Å²) in [6, 6.07) is 2.06. The summed E-state index contributed by atoms with van der Waals surface area (Å²) in [5.41, 5.74) is 1.93. The van der Waals surface area contributed by atoms with Gasteiger partial charge in [-0.2, -0.15) is 0 Å². The molecule has 0 aromatic carbocycles. The average Bonchev–Trinajstić information content (AvgIpc) is 3.37. The molecule has 2 aromatic heterocycles. The quantitative estimate of drug-likeness (QED) is 0.603. The Hall–Kier alpha value is -2.07. The number of carbonyl (C=O) groups is 1. The van der Waals surface area contributed by atoms with Crippen LogP contribution in [0.4, 0.5) is 13.9 Å². The maximum absolute atomic E-state index is 12.8. The standard InChI is InChI=1S/C24H33F2N5O2S/c1-15-10-19(33-29-15)11-22(32)27-18-4-2-16(3-5-18)6-8-30-9-7-21-20(14-30)28-24(34-21)31-12-17(13-31)23(25)26/h10,16-18,23H,2-9,11-14H2,1H3,(H,27,32). The number of nitrogens with one attached hydrogen (secondary N) is 1. The number of hydrogen-bond donors (Lipinski definition) is 1. The minimum Gasteiger partial charge on any atom is -0.361 e. The van der Waals surface area contributed by atoms with E-state index in [0.29, 0.717) is 24.8 Å². The number of aryl methyl sites for hydroxylation is 1. The van der Waals surface area contributed by atoms with Crippen LogP contribution in [0, 0.1) is 18.8 Å². The molecule has 1 saturated heterocycles. The Bertz CT molecular complexity index is 982. The van der Waals surface area contributed by atoms with Crippen molar-refractivity contribution >= 4 is 22.4 Å². The summed E-state index contributed by atoms with van der Waals surface area (Å²) in [5.74, 6) is 0.820. The number of aromatic nitrogens is 2. The lowest BCUT2D eigenvalue weighted by molar-refractivity contribution is -0.121. The van der Waals surface area contributed by atoms with Crippen molar-refractivity contribution in [1.82, 2.24) is 20.4 Å². The summed E-state index contributed by atoms with van der Waals surface area (Å²) in [7, 11) is 0. The molecule has 1 saturated carbocycles. The molecule has 0 radical (unpaired) electrons. The molecule has 1 N–H and O–H groups in total. The lowest BCUT2D eigenvalue weighted by atomic mass is 9.84. The Morgan fingerprint density at radius 1 is 1.29 bits per heavy atom. The van der Waals surface area contributed by atoms with Crippen molar-refractivity contribution in [3.63, 3.8) is 0 Å². The molecule has 1 aliphatic carbocycles. The minimum absolute atomic E-state index is 0.00862. The molecule has 4 heterocycles. The molecule has 7 nitrogen and oxygen atoms in total. The molecule has 2 aliphatic heterocycles. The van der Waals surface area contributed by atoms with Crippen LogP contribution < -0.4 is 10.2 Å². The Morgan fingerprint density at radius 3 is 2.79 bits per heavy atom. The second-order valence-electron chi connectivity index (χ2n) is 10.1. The molecular weight excluding hydrogens is 460 g/mol. The van der Waals surface area contributed by atoms with Gasteiger partial charge in [-0.15, -0.1) is 11.3 Å². The van der Waals surface area contributed by atoms with Crippen LogP contribution in [0.3, 0.4) is 0 Å². The minimum atomic E-state index is -2.23. The normalized spacial score (nSPS) is 23.7. The van der Waals surface area contributed by atoms with Gasteiger partial charge in [0.2, 0.25) is 12.3 Å². The monoisotopic (exact) mass is 493 g/mol. The van der Waals surface area contributed by atoms with Gasteiger partial charge in [0.05, 0.1) is 23.7 Å². The predicted molar refractivity (Wildman–Crippen MR) is 126 cm³/mol. The van der Waals surface area contributed by atoms with E-state index in [-0.39, 0.29) is 18.4 Å². The highest BCUT2D eigenvalue weighted by Gasteiger charge is 2.36. The van der Waals surface area contributed by atoms with Gasteiger partial charge >= 0.3 is 0 Å². The summed E-state index contributed by atoms with van der Waals surface area (Å²) in [6.07, 6.45) is 4.55. The van der Waals surface area contributed by atoms with Gasteiger partial charge in [0.1, 0.15) is 5.76 Å². The topological polar surface area (TPSA) is 74.5 Å². The van der Waals surface area contributed by atoms with E-state index in [1.165, 1.54) is 11.3 Å². The first-order valence-electron chi connectivity index (χ1n) is 12.4. The molecule has 0 bridgehead atoms. The second-order valence-corrected chi connectivity index (χ2v) is 11.1. The smallest absolute Gasteiger partial charge is 0.244 e. The third kappa shape index (κ3) is 5.59. The first-order valence-corrected chi connectivity index (χ1v) is 13.2. The molecule has 2 fully saturated rings. The van der Waals surface area contributed by atoms with Crippen LogP contribution in [-0.2, 0) is 24.2 Å². The fourth-order valence-corrected chi connectivity index (χ4v) is 6.37. The third-order valence-corrected chi connectivity index (χ3v) is 8.63. The van der Waals surface area contributed by atoms with Crippen LogP contribution in [0.15, 0.2) is 10.6 Å². The summed E-state index contributed by atoms with van der Waals surface area (Å²) in [5, 5.41) is 7.90. The number of anilines is 1. The van der Waals surface area contributed by atoms with E-state index in [0.717, 1.165) is 68.3 Å². The molecule has 3 aliphatic rings. The molecule has 0 unspecified atom stereocenters. The zero-order chi connectivity index (χ0) is 23.7. The SMILES string of the molecule is Cc1cc(CC(=O)NC2CCC(CCN3CCc4sc(N5CC(C(F)F)C5)nc4C3)CC2)on1. The van der Waals surface area contributed by atoms with Gasteiger partial charge in [0.25, 0.3) is 0 Å². The molecule has 2 aromatic rings. The van der Waals surface area contributed by atoms with Crippen molar-refractivity contribution in [2.45, 2.75) is 70.9 Å². The van der Waals surface area contributed by atoms with E-state index in [9.17, 15) is 13.6 Å². The molecule has 0 atom stereocenters. The fourth-order valence-electron chi connectivity index (χ4n) is 5.29. The summed E-state index contributed by atoms with van der Waals surface area (Å²) in [4.78, 5) is 22.9. The second kappa shape index (κ2) is 10.3. The van der Waals surface area contributed by atoms with Crippen LogP contribution in [0.1, 0.15) is 54.1 Å². The van der Waals surface area contributed by atoms with Crippen molar-refractivity contribution in [1.29, 1.82) is 0 Å². The van der Waals surface area contributed by atoms with Gasteiger partial charge in [0.15, 0.2) is 5.13 Å². The van der Waals surface area contributed by atoms with Crippen molar-refractivity contribution in [3.8, 4) is 0 Å². The summed E-state index contributed by atoms with van der Waals surface area (Å²) < 4.78 is 30.7. The number of nitrogens with zero attached hydrogens (tertiary/aromatic N) is 4. The van der Waals surface area contributed by atoms with E-state index in [2.05, 4.69) is 15.4 Å². The molecular formula is C24H33F2N5O2S. The average molecular weight is 494 g/mol. The van der Waals surface area contributed by atoms with Gasteiger partial charge in [-0.25, -0.2) is 13.8 Å². The first kappa shape index (κ1) is 23.7. The van der Waals surface area contributed by atoms with Gasteiger partial charge in [0, 0.05) is 43.2 Å². The maximum Gasteiger partial charge on any atom is 0.244 e. The highest BCUT2D eigenvalue weighted by atomic mass is 32.1. The highest BCUT2D eigenvalue weighted by Crippen LogP contribution is 2.36. The van der Waals surface area contributed by atoms with E-state index in [4.69, 9.17) is 9.51 Å². The molecule has 10 heteroatoms. The zero-order valence-corrected chi connectivity index (χ0v) is 20.5. The number of rotatable bonds is 8. The Balaban J connectivity index is 1.01. The zero-order valence-electron chi connectivity index (χ0n) is 19.6. The van der Waals surface area contributed by atoms with Gasteiger partial charge in [-0.05, 0) is 57.9 Å². The van der Waals surface area contributed by atoms with E-state index < -0.39 is 12.3 Å². The van der Waals surface area contributed by atoms with E-state index in [1.54, 1.807) is 17.4 Å². The molecule has 5 rings (SSSR count). The summed E-state index contributed by atoms with van der Waals surface area (Å²) in [6.45, 7) is 5.68. The number of fused-ring (bicyclic) bond motifs is 1. The van der Waals surface area contributed by atoms with E-state index in [1.807, 2.05) is 11.8 Å². The Morgan fingerprint density at radius 2 is 2.09 bits per heavy atom. The molecule has 1 amide bonds. The van der Waals surface area contributed by atoms with Crippen LogP contribution in [0.5, 0.6) is 0 Å². The maximum atomic E-state index is 12.8. The number of alkyl halides is 2. The van der Waals surface area contributed by atoms with Gasteiger partial charge in [-0.3, -0.25) is 9.69 Å². The Kier molecular flexibility index (Phi) is 7.15. The fraction of sp³-hybridized carbons (Fsp3) is 0.708. The van der Waals surface area contributed by atoms with Crippen molar-refractivity contribution < 1.29 is 18.1 Å². The number of thiazole rings is 1. The molecule has 0 spiro atoms. The van der Waals surface area contributed by atoms with Crippen molar-refractivity contribution in [2.75, 3.05) is 31.1 Å². The van der Waals surface area contributed by atoms with Crippen LogP contribution in [0.2, 0.25) is 0 Å². The molecule has 34 heavy (non-hydrogen) atoms. The summed E-state index contributed by atoms with van der Waals surface area (Å²) >= 11 is 1.69. The lowest BCUT2D eigenvalue weighted by Crippen LogP contribution is -2.50. The van der Waals surface area contributed by atoms with E-state index >= 15 is 0 Å². The number of halogens is 2. The Labute approximate surface area is 202 Å². The number of amides is 1. The van der Waals surface area contributed by atoms with Crippen LogP contribution in [0.25, 0.3) is 0 Å². The largest absolute Gasteiger partial charge is 0.361 e. The third-order valence-electron chi connectivity index (χ3n) is 7.41. The van der Waals surface area contributed by atoms with Crippen molar-refractivity contribution in [2.24, 2.45) is 11.8 Å². The number of hydrogen-bond acceptors (Lipinski definition) is 7. The van der Waals surface area contributed by atoms with Crippen LogP contribution in [-0.4, -0.2) is 59.6 Å². The van der Waals surface area contributed by atoms with Gasteiger partial charge < -0.3 is 14.7 Å². The van der Waals surface area contributed by atoms with Crippen LogP contribution >= 0.6 is 11.3 Å². The predicted octanol–water partition coefficient (Wildman–Crippen LogP) is 3.81. The lowest BCUT2D eigenvalue weighted by Gasteiger charge is -2.38.